The molecular formula is C17H18O5. The molecule has 0 aliphatic carbocycles. The van der Waals surface area contributed by atoms with Crippen molar-refractivity contribution in [3.8, 4) is 23.0 Å². The van der Waals surface area contributed by atoms with Crippen LogP contribution in [-0.2, 0) is 0 Å². The standard InChI is InChI=1S/C17H18O5/c1-11-6-5-7-12(10-11)22-17(18)13-8-9-14(19-2)16(21-4)15(13)20-3/h5-10H,1-4H3. The van der Waals surface area contributed by atoms with Crippen molar-refractivity contribution in [2.75, 3.05) is 21.3 Å². The molecule has 0 aromatic heterocycles. The predicted octanol–water partition coefficient (Wildman–Crippen LogP) is 3.24. The Hall–Kier alpha value is -2.69. The van der Waals surface area contributed by atoms with Gasteiger partial charge < -0.3 is 18.9 Å². The van der Waals surface area contributed by atoms with Gasteiger partial charge in [0, 0.05) is 0 Å². The zero-order chi connectivity index (χ0) is 16.1. The van der Waals surface area contributed by atoms with E-state index in [1.165, 1.54) is 21.3 Å². The fraction of sp³-hybridized carbons (Fsp3) is 0.235. The highest BCUT2D eigenvalue weighted by atomic mass is 16.5. The number of carbonyl (C=O) groups excluding carboxylic acids is 1. The zero-order valence-corrected chi connectivity index (χ0v) is 13.0. The molecule has 0 amide bonds. The summed E-state index contributed by atoms with van der Waals surface area (Å²) in [6.07, 6.45) is 0. The number of hydrogen-bond acceptors (Lipinski definition) is 5. The fourth-order valence-corrected chi connectivity index (χ4v) is 2.10. The van der Waals surface area contributed by atoms with E-state index < -0.39 is 5.97 Å². The number of aryl methyl sites for hydroxylation is 1. The Morgan fingerprint density at radius 1 is 0.909 bits per heavy atom. The Kier molecular flexibility index (Phi) is 4.88. The molecule has 0 atom stereocenters. The van der Waals surface area contributed by atoms with E-state index in [1.807, 2.05) is 19.1 Å². The van der Waals surface area contributed by atoms with E-state index >= 15 is 0 Å². The van der Waals surface area contributed by atoms with Crippen LogP contribution in [-0.4, -0.2) is 27.3 Å². The van der Waals surface area contributed by atoms with Crippen LogP contribution in [0.4, 0.5) is 0 Å². The number of ether oxygens (including phenoxy) is 4. The van der Waals surface area contributed by atoms with Gasteiger partial charge in [-0.3, -0.25) is 0 Å². The average molecular weight is 302 g/mol. The second kappa shape index (κ2) is 6.85. The summed E-state index contributed by atoms with van der Waals surface area (Å²) in [7, 11) is 4.46. The minimum atomic E-state index is -0.525. The number of methoxy groups -OCH3 is 3. The molecule has 2 aromatic carbocycles. The van der Waals surface area contributed by atoms with Crippen LogP contribution in [0.2, 0.25) is 0 Å². The topological polar surface area (TPSA) is 54.0 Å². The normalized spacial score (nSPS) is 10.0. The first kappa shape index (κ1) is 15.7. The summed E-state index contributed by atoms with van der Waals surface area (Å²) in [5.41, 5.74) is 1.27. The Labute approximate surface area is 129 Å². The maximum Gasteiger partial charge on any atom is 0.347 e. The van der Waals surface area contributed by atoms with Gasteiger partial charge >= 0.3 is 5.97 Å². The average Bonchev–Trinajstić information content (AvgIpc) is 2.53. The van der Waals surface area contributed by atoms with Gasteiger partial charge in [0.2, 0.25) is 5.75 Å². The molecule has 2 aromatic rings. The van der Waals surface area contributed by atoms with Crippen molar-refractivity contribution >= 4 is 5.97 Å². The molecule has 0 N–H and O–H groups in total. The van der Waals surface area contributed by atoms with E-state index in [-0.39, 0.29) is 11.3 Å². The van der Waals surface area contributed by atoms with Gasteiger partial charge in [0.1, 0.15) is 11.3 Å². The molecule has 0 saturated carbocycles. The van der Waals surface area contributed by atoms with Gasteiger partial charge in [-0.2, -0.15) is 0 Å². The minimum Gasteiger partial charge on any atom is -0.493 e. The highest BCUT2D eigenvalue weighted by Crippen LogP contribution is 2.40. The maximum atomic E-state index is 12.4. The van der Waals surface area contributed by atoms with Crippen molar-refractivity contribution in [3.63, 3.8) is 0 Å². The van der Waals surface area contributed by atoms with Crippen molar-refractivity contribution in [1.29, 1.82) is 0 Å². The first-order valence-electron chi connectivity index (χ1n) is 6.68. The van der Waals surface area contributed by atoms with Crippen LogP contribution >= 0.6 is 0 Å². The number of rotatable bonds is 5. The molecule has 0 aliphatic heterocycles. The summed E-state index contributed by atoms with van der Waals surface area (Å²) in [6.45, 7) is 1.92. The van der Waals surface area contributed by atoms with Crippen molar-refractivity contribution in [2.24, 2.45) is 0 Å². The van der Waals surface area contributed by atoms with Crippen molar-refractivity contribution in [2.45, 2.75) is 6.92 Å². The molecular weight excluding hydrogens is 284 g/mol. The van der Waals surface area contributed by atoms with Gasteiger partial charge in [-0.05, 0) is 36.8 Å². The quantitative estimate of drug-likeness (QED) is 0.627. The highest BCUT2D eigenvalue weighted by molar-refractivity contribution is 5.95. The lowest BCUT2D eigenvalue weighted by atomic mass is 10.1. The number of hydrogen-bond donors (Lipinski definition) is 0. The number of esters is 1. The molecule has 0 bridgehead atoms. The van der Waals surface area contributed by atoms with Crippen LogP contribution in [0.1, 0.15) is 15.9 Å². The lowest BCUT2D eigenvalue weighted by Crippen LogP contribution is -2.11. The summed E-state index contributed by atoms with van der Waals surface area (Å²) in [5, 5.41) is 0. The summed E-state index contributed by atoms with van der Waals surface area (Å²) in [4.78, 5) is 12.4. The fourth-order valence-electron chi connectivity index (χ4n) is 2.10. The SMILES string of the molecule is COc1ccc(C(=O)Oc2cccc(C)c2)c(OC)c1OC. The summed E-state index contributed by atoms with van der Waals surface area (Å²) >= 11 is 0. The molecule has 0 aliphatic rings. The largest absolute Gasteiger partial charge is 0.493 e. The van der Waals surface area contributed by atoms with Crippen LogP contribution in [0.3, 0.4) is 0 Å². The molecule has 0 saturated heterocycles. The third-order valence-electron chi connectivity index (χ3n) is 3.12. The van der Waals surface area contributed by atoms with Crippen molar-refractivity contribution in [1.82, 2.24) is 0 Å². The third kappa shape index (κ3) is 3.14. The lowest BCUT2D eigenvalue weighted by Gasteiger charge is -2.15. The molecule has 116 valence electrons. The molecule has 0 unspecified atom stereocenters. The molecule has 0 spiro atoms. The van der Waals surface area contributed by atoms with Crippen molar-refractivity contribution < 1.29 is 23.7 Å². The van der Waals surface area contributed by atoms with E-state index in [0.29, 0.717) is 17.2 Å². The van der Waals surface area contributed by atoms with Crippen molar-refractivity contribution in [3.05, 3.63) is 47.5 Å². The summed E-state index contributed by atoms with van der Waals surface area (Å²) < 4.78 is 21.1. The van der Waals surface area contributed by atoms with E-state index in [1.54, 1.807) is 24.3 Å². The van der Waals surface area contributed by atoms with Gasteiger partial charge in [0.25, 0.3) is 0 Å². The van der Waals surface area contributed by atoms with Gasteiger partial charge in [-0.15, -0.1) is 0 Å². The zero-order valence-electron chi connectivity index (χ0n) is 13.0. The van der Waals surface area contributed by atoms with Gasteiger partial charge in [-0.25, -0.2) is 4.79 Å². The first-order valence-corrected chi connectivity index (χ1v) is 6.68. The molecule has 5 nitrogen and oxygen atoms in total. The second-order valence-electron chi connectivity index (χ2n) is 4.59. The molecule has 5 heteroatoms. The first-order chi connectivity index (χ1) is 10.6. The van der Waals surface area contributed by atoms with Crippen LogP contribution < -0.4 is 18.9 Å². The number of carbonyl (C=O) groups is 1. The Morgan fingerprint density at radius 3 is 2.23 bits per heavy atom. The van der Waals surface area contributed by atoms with E-state index in [4.69, 9.17) is 18.9 Å². The van der Waals surface area contributed by atoms with E-state index in [0.717, 1.165) is 5.56 Å². The van der Waals surface area contributed by atoms with Gasteiger partial charge in [0.05, 0.1) is 21.3 Å². The molecule has 2 rings (SSSR count). The molecule has 0 fully saturated rings. The van der Waals surface area contributed by atoms with Crippen LogP contribution in [0.25, 0.3) is 0 Å². The Morgan fingerprint density at radius 2 is 1.64 bits per heavy atom. The summed E-state index contributed by atoms with van der Waals surface area (Å²) in [5.74, 6) is 1.06. The second-order valence-corrected chi connectivity index (χ2v) is 4.59. The molecule has 22 heavy (non-hydrogen) atoms. The monoisotopic (exact) mass is 302 g/mol. The predicted molar refractivity (Wildman–Crippen MR) is 82.2 cm³/mol. The minimum absolute atomic E-state index is 0.265. The van der Waals surface area contributed by atoms with Crippen LogP contribution in [0, 0.1) is 6.92 Å². The van der Waals surface area contributed by atoms with E-state index in [2.05, 4.69) is 0 Å². The maximum absolute atomic E-state index is 12.4. The summed E-state index contributed by atoms with van der Waals surface area (Å²) in [6, 6.07) is 10.5. The number of benzene rings is 2. The Bertz CT molecular complexity index is 679. The van der Waals surface area contributed by atoms with Gasteiger partial charge in [0.15, 0.2) is 11.5 Å². The van der Waals surface area contributed by atoms with Gasteiger partial charge in [-0.1, -0.05) is 12.1 Å². The van der Waals surface area contributed by atoms with Crippen LogP contribution in [0.15, 0.2) is 36.4 Å². The lowest BCUT2D eigenvalue weighted by molar-refractivity contribution is 0.0730. The smallest absolute Gasteiger partial charge is 0.347 e. The van der Waals surface area contributed by atoms with E-state index in [9.17, 15) is 4.79 Å². The third-order valence-corrected chi connectivity index (χ3v) is 3.12. The Balaban J connectivity index is 2.37. The molecule has 0 heterocycles. The highest BCUT2D eigenvalue weighted by Gasteiger charge is 2.22. The van der Waals surface area contributed by atoms with Crippen LogP contribution in [0.5, 0.6) is 23.0 Å². The molecule has 0 radical (unpaired) electrons.